The molecule has 0 heterocycles. The zero-order valence-electron chi connectivity index (χ0n) is 8.80. The Morgan fingerprint density at radius 3 is 2.46 bits per heavy atom. The highest BCUT2D eigenvalue weighted by atomic mass is 16.5. The molecule has 0 aliphatic heterocycles. The molecule has 0 unspecified atom stereocenters. The Kier molecular flexibility index (Phi) is 10.7. The van der Waals surface area contributed by atoms with Gasteiger partial charge in [-0.25, -0.2) is 0 Å². The van der Waals surface area contributed by atoms with Gasteiger partial charge in [-0.3, -0.25) is 0 Å². The molecule has 0 saturated heterocycles. The molecular weight excluding hydrogens is 160 g/mol. The predicted octanol–water partition coefficient (Wildman–Crippen LogP) is 4.06. The highest BCUT2D eigenvalue weighted by Crippen LogP contribution is 2.05. The fourth-order valence-corrected chi connectivity index (χ4v) is 1.23. The van der Waals surface area contributed by atoms with Crippen molar-refractivity contribution in [3.05, 3.63) is 25.0 Å². The van der Waals surface area contributed by atoms with Gasteiger partial charge in [0.1, 0.15) is 0 Å². The second-order valence-electron chi connectivity index (χ2n) is 3.16. The molecule has 0 fully saturated rings. The van der Waals surface area contributed by atoms with Crippen LogP contribution in [0.15, 0.2) is 25.0 Å². The topological polar surface area (TPSA) is 9.23 Å². The molecule has 1 heteroatoms. The smallest absolute Gasteiger partial charge is 0.0873 e. The van der Waals surface area contributed by atoms with Gasteiger partial charge in [0.2, 0.25) is 0 Å². The van der Waals surface area contributed by atoms with E-state index >= 15 is 0 Å². The Morgan fingerprint density at radius 2 is 1.77 bits per heavy atom. The summed E-state index contributed by atoms with van der Waals surface area (Å²) < 4.78 is 5.03. The van der Waals surface area contributed by atoms with E-state index in [0.717, 1.165) is 13.0 Å². The molecule has 0 aromatic heterocycles. The minimum absolute atomic E-state index is 0.832. The van der Waals surface area contributed by atoms with Crippen LogP contribution in [0.4, 0.5) is 0 Å². The summed E-state index contributed by atoms with van der Waals surface area (Å²) in [6.07, 6.45) is 13.6. The molecule has 0 atom stereocenters. The minimum Gasteiger partial charge on any atom is -0.502 e. The van der Waals surface area contributed by atoms with Crippen molar-refractivity contribution in [1.29, 1.82) is 0 Å². The molecular formula is C12H22O. The lowest BCUT2D eigenvalue weighted by molar-refractivity contribution is 0.241. The lowest BCUT2D eigenvalue weighted by Crippen LogP contribution is -1.87. The molecule has 0 N–H and O–H groups in total. The summed E-state index contributed by atoms with van der Waals surface area (Å²) in [5.74, 6) is 0. The lowest BCUT2D eigenvalue weighted by Gasteiger charge is -2.00. The van der Waals surface area contributed by atoms with Gasteiger partial charge in [0.25, 0.3) is 0 Å². The van der Waals surface area contributed by atoms with Crippen molar-refractivity contribution in [1.82, 2.24) is 0 Å². The van der Waals surface area contributed by atoms with Gasteiger partial charge in [-0.2, -0.15) is 0 Å². The SMILES string of the molecule is C=COCCCCCCCC=CC. The van der Waals surface area contributed by atoms with Crippen molar-refractivity contribution in [2.75, 3.05) is 6.61 Å². The first-order chi connectivity index (χ1) is 6.41. The summed E-state index contributed by atoms with van der Waals surface area (Å²) in [5.41, 5.74) is 0. The minimum atomic E-state index is 0.832. The van der Waals surface area contributed by atoms with Crippen molar-refractivity contribution >= 4 is 0 Å². The maximum Gasteiger partial charge on any atom is 0.0873 e. The summed E-state index contributed by atoms with van der Waals surface area (Å²) in [6.45, 7) is 6.41. The Balaban J connectivity index is 2.87. The van der Waals surface area contributed by atoms with E-state index in [2.05, 4.69) is 25.7 Å². The van der Waals surface area contributed by atoms with E-state index in [4.69, 9.17) is 4.74 Å². The highest BCUT2D eigenvalue weighted by Gasteiger charge is 1.89. The van der Waals surface area contributed by atoms with Gasteiger partial charge in [0, 0.05) is 0 Å². The van der Waals surface area contributed by atoms with Crippen LogP contribution in [0.5, 0.6) is 0 Å². The number of hydrogen-bond donors (Lipinski definition) is 0. The monoisotopic (exact) mass is 182 g/mol. The average molecular weight is 182 g/mol. The lowest BCUT2D eigenvalue weighted by atomic mass is 10.1. The van der Waals surface area contributed by atoms with E-state index in [1.807, 2.05) is 0 Å². The second-order valence-corrected chi connectivity index (χ2v) is 3.16. The molecule has 0 rings (SSSR count). The van der Waals surface area contributed by atoms with E-state index in [9.17, 15) is 0 Å². The van der Waals surface area contributed by atoms with Crippen LogP contribution in [0, 0.1) is 0 Å². The summed E-state index contributed by atoms with van der Waals surface area (Å²) in [4.78, 5) is 0. The van der Waals surface area contributed by atoms with Crippen LogP contribution >= 0.6 is 0 Å². The molecule has 0 bridgehead atoms. The van der Waals surface area contributed by atoms with Crippen LogP contribution < -0.4 is 0 Å². The number of ether oxygens (including phenoxy) is 1. The van der Waals surface area contributed by atoms with Crippen molar-refractivity contribution in [3.8, 4) is 0 Å². The van der Waals surface area contributed by atoms with Crippen molar-refractivity contribution < 1.29 is 4.74 Å². The molecule has 1 nitrogen and oxygen atoms in total. The van der Waals surface area contributed by atoms with Crippen LogP contribution in [0.3, 0.4) is 0 Å². The van der Waals surface area contributed by atoms with Crippen LogP contribution in [0.1, 0.15) is 45.4 Å². The standard InChI is InChI=1S/C12H22O/c1-3-5-6-7-8-9-10-11-12-13-4-2/h3-5H,2,6-12H2,1H3. The van der Waals surface area contributed by atoms with E-state index in [0.29, 0.717) is 0 Å². The zero-order valence-corrected chi connectivity index (χ0v) is 8.80. The summed E-state index contributed by atoms with van der Waals surface area (Å²) in [7, 11) is 0. The van der Waals surface area contributed by atoms with Gasteiger partial charge in [-0.15, -0.1) is 0 Å². The van der Waals surface area contributed by atoms with Gasteiger partial charge in [0.15, 0.2) is 0 Å². The fraction of sp³-hybridized carbons (Fsp3) is 0.667. The average Bonchev–Trinajstić information content (AvgIpc) is 2.16. The Labute approximate surface area is 82.5 Å². The Morgan fingerprint density at radius 1 is 1.08 bits per heavy atom. The molecule has 0 aromatic rings. The third-order valence-electron chi connectivity index (χ3n) is 1.99. The van der Waals surface area contributed by atoms with Crippen molar-refractivity contribution in [2.45, 2.75) is 45.4 Å². The first-order valence-electron chi connectivity index (χ1n) is 5.25. The first-order valence-corrected chi connectivity index (χ1v) is 5.25. The highest BCUT2D eigenvalue weighted by molar-refractivity contribution is 4.76. The summed E-state index contributed by atoms with van der Waals surface area (Å²) in [5, 5.41) is 0. The molecule has 0 aromatic carbocycles. The van der Waals surface area contributed by atoms with Crippen molar-refractivity contribution in [3.63, 3.8) is 0 Å². The molecule has 0 aliphatic carbocycles. The van der Waals surface area contributed by atoms with Gasteiger partial charge in [-0.05, 0) is 26.2 Å². The Hall–Kier alpha value is -0.720. The van der Waals surface area contributed by atoms with Crippen molar-refractivity contribution in [2.24, 2.45) is 0 Å². The van der Waals surface area contributed by atoms with Crippen LogP contribution in [0.25, 0.3) is 0 Å². The van der Waals surface area contributed by atoms with Crippen LogP contribution in [0.2, 0.25) is 0 Å². The third kappa shape index (κ3) is 11.3. The third-order valence-corrected chi connectivity index (χ3v) is 1.99. The quantitative estimate of drug-likeness (QED) is 0.297. The van der Waals surface area contributed by atoms with E-state index < -0.39 is 0 Å². The maximum absolute atomic E-state index is 5.03. The normalized spacial score (nSPS) is 10.5. The first kappa shape index (κ1) is 12.3. The van der Waals surface area contributed by atoms with Gasteiger partial charge < -0.3 is 4.74 Å². The number of rotatable bonds is 9. The second kappa shape index (κ2) is 11.3. The molecule has 0 amide bonds. The molecule has 76 valence electrons. The molecule has 0 aliphatic rings. The predicted molar refractivity (Wildman–Crippen MR) is 58.7 cm³/mol. The maximum atomic E-state index is 5.03. The van der Waals surface area contributed by atoms with Crippen LogP contribution in [-0.2, 0) is 4.74 Å². The molecule has 0 radical (unpaired) electrons. The number of allylic oxidation sites excluding steroid dienone is 2. The van der Waals surface area contributed by atoms with E-state index in [1.165, 1.54) is 38.4 Å². The molecule has 13 heavy (non-hydrogen) atoms. The number of unbranched alkanes of at least 4 members (excludes halogenated alkanes) is 5. The summed E-state index contributed by atoms with van der Waals surface area (Å²) >= 11 is 0. The van der Waals surface area contributed by atoms with Crippen LogP contribution in [-0.4, -0.2) is 6.61 Å². The fourth-order valence-electron chi connectivity index (χ4n) is 1.23. The number of hydrogen-bond acceptors (Lipinski definition) is 1. The summed E-state index contributed by atoms with van der Waals surface area (Å²) in [6, 6.07) is 0. The van der Waals surface area contributed by atoms with E-state index in [1.54, 1.807) is 0 Å². The van der Waals surface area contributed by atoms with Gasteiger partial charge in [-0.1, -0.05) is 38.0 Å². The van der Waals surface area contributed by atoms with Gasteiger partial charge >= 0.3 is 0 Å². The molecule has 0 saturated carbocycles. The molecule has 0 spiro atoms. The zero-order chi connectivity index (χ0) is 9.78. The Bertz CT molecular complexity index is 127. The van der Waals surface area contributed by atoms with Gasteiger partial charge in [0.05, 0.1) is 12.9 Å². The largest absolute Gasteiger partial charge is 0.502 e. The van der Waals surface area contributed by atoms with E-state index in [-0.39, 0.29) is 0 Å².